The molecule has 0 unspecified atom stereocenters. The molecule has 0 aliphatic carbocycles. The van der Waals surface area contributed by atoms with Gasteiger partial charge in [-0.25, -0.2) is 0 Å². The van der Waals surface area contributed by atoms with Crippen molar-refractivity contribution >= 4 is 17.6 Å². The quantitative estimate of drug-likeness (QED) is 0.621. The van der Waals surface area contributed by atoms with E-state index in [2.05, 4.69) is 56.5 Å². The average molecular weight is 364 g/mol. The lowest BCUT2D eigenvalue weighted by atomic mass is 10.0. The van der Waals surface area contributed by atoms with Gasteiger partial charge in [-0.05, 0) is 42.7 Å². The summed E-state index contributed by atoms with van der Waals surface area (Å²) < 4.78 is 5.48. The van der Waals surface area contributed by atoms with E-state index in [1.807, 2.05) is 37.3 Å². The normalized spacial score (nSPS) is 10.7. The van der Waals surface area contributed by atoms with Crippen molar-refractivity contribution < 1.29 is 4.74 Å². The molecule has 0 saturated heterocycles. The number of rotatable bonds is 8. The number of anilines is 3. The van der Waals surface area contributed by atoms with E-state index in [0.717, 1.165) is 11.4 Å². The molecule has 0 aliphatic heterocycles. The highest BCUT2D eigenvalue weighted by atomic mass is 16.5. The van der Waals surface area contributed by atoms with Gasteiger partial charge in [0, 0.05) is 11.9 Å². The summed E-state index contributed by atoms with van der Waals surface area (Å²) in [6.45, 7) is 7.21. The summed E-state index contributed by atoms with van der Waals surface area (Å²) in [6, 6.07) is 14.2. The first kappa shape index (κ1) is 18.6. The highest BCUT2D eigenvalue weighted by Gasteiger charge is 2.09. The maximum Gasteiger partial charge on any atom is 0.323 e. The Balaban J connectivity index is 1.79. The van der Waals surface area contributed by atoms with Crippen LogP contribution in [0, 0.1) is 0 Å². The number of hydrogen-bond acceptors (Lipinski definition) is 7. The second-order valence-corrected chi connectivity index (χ2v) is 6.28. The van der Waals surface area contributed by atoms with Crippen LogP contribution in [0.15, 0.2) is 48.7 Å². The van der Waals surface area contributed by atoms with Crippen LogP contribution in [0.25, 0.3) is 0 Å². The predicted octanol–water partition coefficient (Wildman–Crippen LogP) is 4.14. The summed E-state index contributed by atoms with van der Waals surface area (Å²) in [5, 5.41) is 6.41. The topological polar surface area (TPSA) is 84.8 Å². The van der Waals surface area contributed by atoms with Crippen LogP contribution in [-0.4, -0.2) is 26.5 Å². The van der Waals surface area contributed by atoms with E-state index in [1.54, 1.807) is 6.20 Å². The first-order valence-electron chi connectivity index (χ1n) is 9.03. The summed E-state index contributed by atoms with van der Waals surface area (Å²) in [5.41, 5.74) is 3.06. The molecule has 1 aromatic carbocycles. The first-order chi connectivity index (χ1) is 13.1. The molecule has 0 spiro atoms. The lowest BCUT2D eigenvalue weighted by molar-refractivity contribution is 0.312. The lowest BCUT2D eigenvalue weighted by Crippen LogP contribution is -2.10. The maximum absolute atomic E-state index is 5.48. The predicted molar refractivity (Wildman–Crippen MR) is 106 cm³/mol. The van der Waals surface area contributed by atoms with Crippen molar-refractivity contribution in [2.75, 3.05) is 17.2 Å². The van der Waals surface area contributed by atoms with Crippen LogP contribution in [0.4, 0.5) is 17.6 Å². The van der Waals surface area contributed by atoms with Gasteiger partial charge in [-0.15, -0.1) is 0 Å². The number of nitrogens with zero attached hydrogens (tertiary/aromatic N) is 4. The highest BCUT2D eigenvalue weighted by molar-refractivity contribution is 5.55. The summed E-state index contributed by atoms with van der Waals surface area (Å²) in [4.78, 5) is 17.4. The van der Waals surface area contributed by atoms with Gasteiger partial charge in [0.25, 0.3) is 0 Å². The summed E-state index contributed by atoms with van der Waals surface area (Å²) in [7, 11) is 0. The smallest absolute Gasteiger partial charge is 0.323 e. The van der Waals surface area contributed by atoms with Gasteiger partial charge in [-0.3, -0.25) is 4.98 Å². The van der Waals surface area contributed by atoms with Crippen LogP contribution in [0.2, 0.25) is 0 Å². The van der Waals surface area contributed by atoms with Crippen LogP contribution in [0.1, 0.15) is 37.9 Å². The van der Waals surface area contributed by atoms with E-state index < -0.39 is 0 Å². The maximum atomic E-state index is 5.48. The van der Waals surface area contributed by atoms with Crippen molar-refractivity contribution in [3.63, 3.8) is 0 Å². The Morgan fingerprint density at radius 2 is 1.85 bits per heavy atom. The van der Waals surface area contributed by atoms with E-state index in [-0.39, 0.29) is 6.01 Å². The zero-order chi connectivity index (χ0) is 19.1. The molecule has 0 radical (unpaired) electrons. The largest absolute Gasteiger partial charge is 0.464 e. The third-order valence-corrected chi connectivity index (χ3v) is 3.85. The van der Waals surface area contributed by atoms with Gasteiger partial charge < -0.3 is 15.4 Å². The minimum Gasteiger partial charge on any atom is -0.464 e. The fraction of sp³-hybridized carbons (Fsp3) is 0.300. The third-order valence-electron chi connectivity index (χ3n) is 3.85. The van der Waals surface area contributed by atoms with E-state index in [4.69, 9.17) is 4.74 Å². The monoisotopic (exact) mass is 364 g/mol. The molecule has 140 valence electrons. The highest BCUT2D eigenvalue weighted by Crippen LogP contribution is 2.21. The molecular formula is C20H24N6O. The number of benzene rings is 1. The second-order valence-electron chi connectivity index (χ2n) is 6.28. The average Bonchev–Trinajstić information content (AvgIpc) is 2.67. The van der Waals surface area contributed by atoms with Crippen molar-refractivity contribution in [2.45, 2.75) is 33.2 Å². The van der Waals surface area contributed by atoms with Crippen molar-refractivity contribution in [3.05, 3.63) is 59.9 Å². The number of aromatic nitrogens is 4. The number of ether oxygens (including phenoxy) is 1. The molecule has 2 heterocycles. The zero-order valence-electron chi connectivity index (χ0n) is 15.8. The molecule has 0 saturated carbocycles. The summed E-state index contributed by atoms with van der Waals surface area (Å²) in [6.07, 6.45) is 1.75. The molecule has 7 heteroatoms. The van der Waals surface area contributed by atoms with Gasteiger partial charge in [0.2, 0.25) is 11.9 Å². The lowest BCUT2D eigenvalue weighted by Gasteiger charge is -2.12. The number of nitrogens with one attached hydrogen (secondary N) is 2. The van der Waals surface area contributed by atoms with E-state index in [1.165, 1.54) is 5.56 Å². The molecule has 0 fully saturated rings. The molecule has 2 aromatic heterocycles. The van der Waals surface area contributed by atoms with Crippen molar-refractivity contribution in [2.24, 2.45) is 0 Å². The SMILES string of the molecule is CCOc1nc(NCc2ccccn2)nc(Nc2cccc(C(C)C)c2)n1. The minimum atomic E-state index is 0.276. The Morgan fingerprint density at radius 1 is 1.00 bits per heavy atom. The molecule has 0 amide bonds. The van der Waals surface area contributed by atoms with Crippen LogP contribution in [-0.2, 0) is 6.54 Å². The van der Waals surface area contributed by atoms with Crippen molar-refractivity contribution in [1.29, 1.82) is 0 Å². The minimum absolute atomic E-state index is 0.276. The number of hydrogen-bond donors (Lipinski definition) is 2. The second kappa shape index (κ2) is 8.93. The van der Waals surface area contributed by atoms with Crippen molar-refractivity contribution in [3.8, 4) is 6.01 Å². The van der Waals surface area contributed by atoms with Gasteiger partial charge in [-0.2, -0.15) is 15.0 Å². The van der Waals surface area contributed by atoms with Crippen LogP contribution in [0.5, 0.6) is 6.01 Å². The Kier molecular flexibility index (Phi) is 6.14. The van der Waals surface area contributed by atoms with Gasteiger partial charge in [-0.1, -0.05) is 32.0 Å². The number of pyridine rings is 1. The van der Waals surface area contributed by atoms with Crippen LogP contribution >= 0.6 is 0 Å². The summed E-state index contributed by atoms with van der Waals surface area (Å²) >= 11 is 0. The van der Waals surface area contributed by atoms with E-state index in [0.29, 0.717) is 31.0 Å². The molecule has 0 atom stereocenters. The molecular weight excluding hydrogens is 340 g/mol. The zero-order valence-corrected chi connectivity index (χ0v) is 15.8. The molecule has 7 nitrogen and oxygen atoms in total. The van der Waals surface area contributed by atoms with E-state index >= 15 is 0 Å². The Bertz CT molecular complexity index is 869. The van der Waals surface area contributed by atoms with E-state index in [9.17, 15) is 0 Å². The molecule has 27 heavy (non-hydrogen) atoms. The first-order valence-corrected chi connectivity index (χ1v) is 9.03. The van der Waals surface area contributed by atoms with Crippen LogP contribution < -0.4 is 15.4 Å². The standard InChI is InChI=1S/C20H24N6O/c1-4-27-20-25-18(22-13-17-9-5-6-11-21-17)24-19(26-20)23-16-10-7-8-15(12-16)14(2)3/h5-12,14H,4,13H2,1-3H3,(H2,22,23,24,25,26). The van der Waals surface area contributed by atoms with Crippen molar-refractivity contribution in [1.82, 2.24) is 19.9 Å². The summed E-state index contributed by atoms with van der Waals surface area (Å²) in [5.74, 6) is 1.30. The Hall–Kier alpha value is -3.22. The molecule has 3 aromatic rings. The Labute approximate surface area is 159 Å². The van der Waals surface area contributed by atoms with Crippen LogP contribution in [0.3, 0.4) is 0 Å². The van der Waals surface area contributed by atoms with Gasteiger partial charge in [0.05, 0.1) is 18.8 Å². The molecule has 0 bridgehead atoms. The fourth-order valence-corrected chi connectivity index (χ4v) is 2.46. The fourth-order valence-electron chi connectivity index (χ4n) is 2.46. The molecule has 0 aliphatic rings. The Morgan fingerprint density at radius 3 is 2.59 bits per heavy atom. The van der Waals surface area contributed by atoms with Gasteiger partial charge in [0.15, 0.2) is 0 Å². The third kappa shape index (κ3) is 5.37. The van der Waals surface area contributed by atoms with Gasteiger partial charge >= 0.3 is 6.01 Å². The molecule has 3 rings (SSSR count). The van der Waals surface area contributed by atoms with Gasteiger partial charge in [0.1, 0.15) is 0 Å². The molecule has 2 N–H and O–H groups in total.